The molecular weight excluding hydrogens is 416 g/mol. The first-order valence-electron chi connectivity index (χ1n) is 12.7. The van der Waals surface area contributed by atoms with Gasteiger partial charge < -0.3 is 9.64 Å². The van der Waals surface area contributed by atoms with Gasteiger partial charge in [-0.3, -0.25) is 0 Å². The molecule has 1 spiro atoms. The smallest absolute Gasteiger partial charge is 0.151 e. The lowest BCUT2D eigenvalue weighted by atomic mass is 9.44. The van der Waals surface area contributed by atoms with E-state index < -0.39 is 0 Å². The third-order valence-corrected chi connectivity index (χ3v) is 10.2. The van der Waals surface area contributed by atoms with Crippen LogP contribution in [0.25, 0.3) is 21.7 Å². The summed E-state index contributed by atoms with van der Waals surface area (Å²) in [5, 5.41) is 3.84. The highest BCUT2D eigenvalue weighted by Crippen LogP contribution is 2.71. The molecule has 2 bridgehead atoms. The number of pyridine rings is 1. The van der Waals surface area contributed by atoms with Gasteiger partial charge in [0, 0.05) is 22.4 Å². The molecule has 0 amide bonds. The molecule has 4 aromatic rings. The van der Waals surface area contributed by atoms with Crippen LogP contribution in [0, 0.1) is 19.3 Å². The van der Waals surface area contributed by atoms with Crippen molar-refractivity contribution in [1.29, 1.82) is 0 Å². The Balaban J connectivity index is 1.48. The molecule has 1 saturated heterocycles. The molecule has 3 nitrogen and oxygen atoms in total. The Morgan fingerprint density at radius 1 is 1.06 bits per heavy atom. The van der Waals surface area contributed by atoms with Crippen molar-refractivity contribution in [3.8, 4) is 5.75 Å². The molecule has 8 rings (SSSR count). The van der Waals surface area contributed by atoms with Crippen molar-refractivity contribution in [3.05, 3.63) is 82.0 Å². The average Bonchev–Trinajstić information content (AvgIpc) is 3.19. The average molecular weight is 447 g/mol. The van der Waals surface area contributed by atoms with Crippen LogP contribution in [0.5, 0.6) is 5.75 Å². The number of aromatic nitrogens is 1. The zero-order chi connectivity index (χ0) is 23.0. The van der Waals surface area contributed by atoms with E-state index in [-0.39, 0.29) is 16.9 Å². The number of likely N-dealkylation sites (N-methyl/N-ethyl adjacent to an activating group) is 1. The van der Waals surface area contributed by atoms with Crippen LogP contribution in [0.2, 0.25) is 0 Å². The van der Waals surface area contributed by atoms with Gasteiger partial charge in [-0.2, -0.15) is 0 Å². The van der Waals surface area contributed by atoms with Crippen molar-refractivity contribution in [1.82, 2.24) is 9.88 Å². The number of nitrogens with zero attached hydrogens (tertiary/aromatic N) is 2. The molecule has 0 N–H and O–H groups in total. The van der Waals surface area contributed by atoms with Crippen LogP contribution < -0.4 is 4.74 Å². The number of piperidine rings is 1. The van der Waals surface area contributed by atoms with Crippen molar-refractivity contribution in [2.75, 3.05) is 13.6 Å². The molecule has 4 aliphatic rings. The van der Waals surface area contributed by atoms with E-state index in [1.807, 2.05) is 0 Å². The number of likely N-dealkylation sites (tertiary alicyclic amines) is 1. The highest BCUT2D eigenvalue weighted by atomic mass is 16.5. The topological polar surface area (TPSA) is 25.4 Å². The summed E-state index contributed by atoms with van der Waals surface area (Å²) in [6.45, 7) is 8.23. The molecule has 0 saturated carbocycles. The van der Waals surface area contributed by atoms with Crippen molar-refractivity contribution in [3.63, 3.8) is 0 Å². The van der Waals surface area contributed by atoms with Gasteiger partial charge in [-0.15, -0.1) is 0 Å². The zero-order valence-corrected chi connectivity index (χ0v) is 20.4. The fourth-order valence-electron chi connectivity index (χ4n) is 8.44. The van der Waals surface area contributed by atoms with E-state index in [2.05, 4.69) is 81.2 Å². The molecule has 170 valence electrons. The molecule has 3 heterocycles. The third kappa shape index (κ3) is 2.00. The van der Waals surface area contributed by atoms with Gasteiger partial charge in [0.1, 0.15) is 5.75 Å². The second kappa shape index (κ2) is 6.01. The summed E-state index contributed by atoms with van der Waals surface area (Å²) < 4.78 is 7.05. The highest BCUT2D eigenvalue weighted by Gasteiger charge is 2.70. The summed E-state index contributed by atoms with van der Waals surface area (Å²) in [6, 6.07) is 18.5. The van der Waals surface area contributed by atoms with Gasteiger partial charge in [0.15, 0.2) is 6.10 Å². The minimum absolute atomic E-state index is 0.00201. The molecule has 0 radical (unpaired) electrons. The molecule has 3 aromatic carbocycles. The SMILES string of the molecule is Cc1ccc2c3c1O[C@H]1c4nc5cc6ccccc6cc5c(C)c4C[C@@]4(C)[C@@H](C2)N(C)CC[C@]314. The first-order valence-corrected chi connectivity index (χ1v) is 12.7. The van der Waals surface area contributed by atoms with Gasteiger partial charge in [0.2, 0.25) is 0 Å². The summed E-state index contributed by atoms with van der Waals surface area (Å²) in [7, 11) is 2.33. The van der Waals surface area contributed by atoms with E-state index >= 15 is 0 Å². The number of hydrogen-bond donors (Lipinski definition) is 0. The molecule has 1 fully saturated rings. The standard InChI is InChI=1S/C31H30N2O/c1-17-9-10-21-15-25-30(3)16-23-18(2)22-13-19-7-5-6-8-20(19)14-24(22)32-27(23)29-31(30,11-12-33(25)4)26(21)28(17)34-29/h5-10,13-14,25,29H,11-12,15-16H2,1-4H3/t25-,29+,30+,31+/m1/s1. The van der Waals surface area contributed by atoms with Crippen LogP contribution in [0.4, 0.5) is 0 Å². The maximum Gasteiger partial charge on any atom is 0.151 e. The first-order chi connectivity index (χ1) is 16.4. The largest absolute Gasteiger partial charge is 0.483 e. The number of hydrogen-bond acceptors (Lipinski definition) is 3. The lowest BCUT2D eigenvalue weighted by Gasteiger charge is -2.64. The Labute approximate surface area is 200 Å². The van der Waals surface area contributed by atoms with Crippen LogP contribution >= 0.6 is 0 Å². The van der Waals surface area contributed by atoms with Crippen molar-refractivity contribution in [2.45, 2.75) is 57.6 Å². The number of ether oxygens (including phenoxy) is 1. The number of benzene rings is 3. The Morgan fingerprint density at radius 3 is 2.68 bits per heavy atom. The lowest BCUT2D eigenvalue weighted by Crippen LogP contribution is -2.68. The molecule has 4 atom stereocenters. The predicted octanol–water partition coefficient (Wildman–Crippen LogP) is 6.20. The van der Waals surface area contributed by atoms with Crippen LogP contribution in [0.3, 0.4) is 0 Å². The van der Waals surface area contributed by atoms with Gasteiger partial charge in [0.25, 0.3) is 0 Å². The van der Waals surface area contributed by atoms with Crippen LogP contribution in [-0.4, -0.2) is 29.5 Å². The van der Waals surface area contributed by atoms with Crippen molar-refractivity contribution < 1.29 is 4.74 Å². The fourth-order valence-corrected chi connectivity index (χ4v) is 8.44. The van der Waals surface area contributed by atoms with Crippen LogP contribution in [0.1, 0.15) is 53.0 Å². The van der Waals surface area contributed by atoms with E-state index in [4.69, 9.17) is 9.72 Å². The summed E-state index contributed by atoms with van der Waals surface area (Å²) in [5.74, 6) is 1.16. The van der Waals surface area contributed by atoms with Crippen LogP contribution in [0.15, 0.2) is 48.5 Å². The fraction of sp³-hybridized carbons (Fsp3) is 0.387. The summed E-state index contributed by atoms with van der Waals surface area (Å²) in [5.41, 5.74) is 9.56. The molecule has 3 heteroatoms. The monoisotopic (exact) mass is 446 g/mol. The van der Waals surface area contributed by atoms with Gasteiger partial charge in [-0.25, -0.2) is 4.98 Å². The molecule has 2 aliphatic carbocycles. The Bertz CT molecular complexity index is 1570. The summed E-state index contributed by atoms with van der Waals surface area (Å²) >= 11 is 0. The van der Waals surface area contributed by atoms with Gasteiger partial charge in [-0.05, 0) is 91.9 Å². The van der Waals surface area contributed by atoms with Gasteiger partial charge >= 0.3 is 0 Å². The normalized spacial score (nSPS) is 30.8. The van der Waals surface area contributed by atoms with Gasteiger partial charge in [-0.1, -0.05) is 43.3 Å². The van der Waals surface area contributed by atoms with Crippen molar-refractivity contribution >= 4 is 21.7 Å². The molecule has 2 aliphatic heterocycles. The Morgan fingerprint density at radius 2 is 1.85 bits per heavy atom. The highest BCUT2D eigenvalue weighted by molar-refractivity contribution is 5.98. The molecular formula is C31H30N2O. The second-order valence-electron chi connectivity index (χ2n) is 11.6. The quantitative estimate of drug-likeness (QED) is 0.301. The first kappa shape index (κ1) is 19.4. The second-order valence-corrected chi connectivity index (χ2v) is 11.6. The van der Waals surface area contributed by atoms with Gasteiger partial charge in [0.05, 0.1) is 16.6 Å². The maximum absolute atomic E-state index is 7.05. The van der Waals surface area contributed by atoms with E-state index in [0.29, 0.717) is 6.04 Å². The number of fused-ring (bicyclic) bond motifs is 4. The molecule has 34 heavy (non-hydrogen) atoms. The number of aryl methyl sites for hydroxylation is 2. The lowest BCUT2D eigenvalue weighted by molar-refractivity contribution is -0.0910. The Hall–Kier alpha value is -2.91. The minimum atomic E-state index is 0.00201. The zero-order valence-electron chi connectivity index (χ0n) is 20.4. The number of rotatable bonds is 0. The van der Waals surface area contributed by atoms with E-state index in [1.54, 1.807) is 0 Å². The van der Waals surface area contributed by atoms with E-state index in [1.165, 1.54) is 49.7 Å². The maximum atomic E-state index is 7.05. The van der Waals surface area contributed by atoms with E-state index in [0.717, 1.165) is 37.1 Å². The molecule has 1 aromatic heterocycles. The van der Waals surface area contributed by atoms with E-state index in [9.17, 15) is 0 Å². The van der Waals surface area contributed by atoms with Crippen molar-refractivity contribution in [2.24, 2.45) is 5.41 Å². The molecule has 0 unspecified atom stereocenters. The third-order valence-electron chi connectivity index (χ3n) is 10.2. The minimum Gasteiger partial charge on any atom is -0.483 e. The Kier molecular flexibility index (Phi) is 3.43. The predicted molar refractivity (Wildman–Crippen MR) is 137 cm³/mol. The van der Waals surface area contributed by atoms with Crippen LogP contribution in [-0.2, 0) is 18.3 Å². The summed E-state index contributed by atoms with van der Waals surface area (Å²) in [6.07, 6.45) is 3.33. The summed E-state index contributed by atoms with van der Waals surface area (Å²) in [4.78, 5) is 8.05.